The van der Waals surface area contributed by atoms with E-state index in [9.17, 15) is 0 Å². The average Bonchev–Trinajstić information content (AvgIpc) is 3.65. The van der Waals surface area contributed by atoms with E-state index in [2.05, 4.69) is 136 Å². The van der Waals surface area contributed by atoms with E-state index in [1.165, 1.54) is 74.6 Å². The first-order valence-corrected chi connectivity index (χ1v) is 16.3. The minimum Gasteiger partial charge on any atom is -0.309 e. The van der Waals surface area contributed by atoms with Crippen molar-refractivity contribution in [2.45, 2.75) is 0 Å². The largest absolute Gasteiger partial charge is 0.309 e. The Bertz CT molecular complexity index is 2780. The third-order valence-corrected chi connectivity index (χ3v) is 10.5. The van der Waals surface area contributed by atoms with Gasteiger partial charge in [-0.1, -0.05) is 60.7 Å². The van der Waals surface area contributed by atoms with Crippen LogP contribution in [0.25, 0.3) is 91.5 Å². The fourth-order valence-electron chi connectivity index (χ4n) is 7.40. The zero-order chi connectivity index (χ0) is 30.2. The Morgan fingerprint density at radius 3 is 1.98 bits per heavy atom. The van der Waals surface area contributed by atoms with E-state index < -0.39 is 0 Å². The van der Waals surface area contributed by atoms with Gasteiger partial charge in [0.05, 0.1) is 11.0 Å². The Balaban J connectivity index is 1.48. The van der Waals surface area contributed by atoms with E-state index in [4.69, 9.17) is 0 Å². The van der Waals surface area contributed by atoms with E-state index in [0.717, 1.165) is 16.8 Å². The molecular formula is C42H25N3S. The van der Waals surface area contributed by atoms with Crippen LogP contribution in [0.1, 0.15) is 0 Å². The predicted octanol–water partition coefficient (Wildman–Crippen LogP) is 11.6. The highest BCUT2D eigenvalue weighted by Gasteiger charge is 2.22. The first-order valence-electron chi connectivity index (χ1n) is 15.5. The molecule has 0 aliphatic rings. The summed E-state index contributed by atoms with van der Waals surface area (Å²) in [5.41, 5.74) is 8.21. The number of hydrogen-bond acceptors (Lipinski definition) is 3. The molecule has 0 bridgehead atoms. The fraction of sp³-hybridized carbons (Fsp3) is 0. The van der Waals surface area contributed by atoms with Crippen molar-refractivity contribution in [3.63, 3.8) is 0 Å². The molecule has 3 nitrogen and oxygen atoms in total. The molecule has 0 radical (unpaired) electrons. The zero-order valence-electron chi connectivity index (χ0n) is 24.7. The SMILES string of the molecule is c1ccc(-n2c3ccccc3c3cc4c(-c5cccnc5)c(-c5ccncc5)c5cc6sc7ccccc7c6cc5c4cc32)cc1. The molecule has 4 aromatic heterocycles. The summed E-state index contributed by atoms with van der Waals surface area (Å²) in [5, 5.41) is 10.0. The van der Waals surface area contributed by atoms with Gasteiger partial charge in [-0.3, -0.25) is 9.97 Å². The molecule has 0 fully saturated rings. The first kappa shape index (κ1) is 25.5. The number of thiophene rings is 1. The van der Waals surface area contributed by atoms with Crippen molar-refractivity contribution < 1.29 is 0 Å². The standard InChI is InChI=1S/C42H25N3S/c1-2-10-28(11-3-1)45-37-14-6-4-12-29(37)33-22-35-32(23-38(33)45)31-21-34-30-13-5-7-15-39(30)46-40(34)24-36(31)41(26-16-19-43-20-17-26)42(35)27-9-8-18-44-25-27/h1-25H. The minimum absolute atomic E-state index is 1.10. The average molecular weight is 604 g/mol. The maximum absolute atomic E-state index is 4.60. The normalized spacial score (nSPS) is 11.9. The van der Waals surface area contributed by atoms with Gasteiger partial charge in [0.25, 0.3) is 0 Å². The van der Waals surface area contributed by atoms with Crippen LogP contribution in [0.4, 0.5) is 0 Å². The van der Waals surface area contributed by atoms with E-state index in [1.807, 2.05) is 42.2 Å². The van der Waals surface area contributed by atoms with Crippen LogP contribution >= 0.6 is 11.3 Å². The molecule has 10 rings (SSSR count). The Kier molecular flexibility index (Phi) is 5.45. The summed E-state index contributed by atoms with van der Waals surface area (Å²) >= 11 is 1.86. The molecule has 0 saturated carbocycles. The molecule has 0 aliphatic carbocycles. The molecular weight excluding hydrogens is 579 g/mol. The number of benzene rings is 6. The quantitative estimate of drug-likeness (QED) is 0.188. The Labute approximate surface area is 268 Å². The second kappa shape index (κ2) is 9.83. The van der Waals surface area contributed by atoms with Crippen molar-refractivity contribution in [1.29, 1.82) is 0 Å². The van der Waals surface area contributed by atoms with Crippen LogP contribution < -0.4 is 0 Å². The molecule has 10 aromatic rings. The number of nitrogens with zero attached hydrogens (tertiary/aromatic N) is 3. The third-order valence-electron chi connectivity index (χ3n) is 9.34. The number of fused-ring (bicyclic) bond motifs is 9. The maximum atomic E-state index is 4.60. The summed E-state index contributed by atoms with van der Waals surface area (Å²) in [5.74, 6) is 0. The van der Waals surface area contributed by atoms with Crippen molar-refractivity contribution in [1.82, 2.24) is 14.5 Å². The number of pyridine rings is 2. The third kappa shape index (κ3) is 3.65. The fourth-order valence-corrected chi connectivity index (χ4v) is 8.53. The van der Waals surface area contributed by atoms with Gasteiger partial charge >= 0.3 is 0 Å². The van der Waals surface area contributed by atoms with Crippen LogP contribution in [-0.4, -0.2) is 14.5 Å². The number of para-hydroxylation sites is 2. The Hall–Kier alpha value is -5.84. The lowest BCUT2D eigenvalue weighted by molar-refractivity contribution is 1.18. The highest BCUT2D eigenvalue weighted by atomic mass is 32.1. The van der Waals surface area contributed by atoms with Gasteiger partial charge in [0.15, 0.2) is 0 Å². The summed E-state index contributed by atoms with van der Waals surface area (Å²) in [7, 11) is 0. The molecule has 0 spiro atoms. The van der Waals surface area contributed by atoms with Gasteiger partial charge < -0.3 is 4.57 Å². The smallest absolute Gasteiger partial charge is 0.0547 e. The van der Waals surface area contributed by atoms with E-state index in [1.54, 1.807) is 0 Å². The van der Waals surface area contributed by atoms with Crippen LogP contribution in [0.5, 0.6) is 0 Å². The lowest BCUT2D eigenvalue weighted by Gasteiger charge is -2.19. The molecule has 6 aromatic carbocycles. The van der Waals surface area contributed by atoms with Crippen molar-refractivity contribution in [2.75, 3.05) is 0 Å². The molecule has 0 saturated heterocycles. The molecule has 214 valence electrons. The predicted molar refractivity (Wildman–Crippen MR) is 195 cm³/mol. The lowest BCUT2D eigenvalue weighted by atomic mass is 9.84. The van der Waals surface area contributed by atoms with Crippen LogP contribution in [0.3, 0.4) is 0 Å². The van der Waals surface area contributed by atoms with Crippen molar-refractivity contribution in [2.24, 2.45) is 0 Å². The van der Waals surface area contributed by atoms with Crippen LogP contribution in [-0.2, 0) is 0 Å². The summed E-state index contributed by atoms with van der Waals surface area (Å²) < 4.78 is 5.01. The topological polar surface area (TPSA) is 30.7 Å². The minimum atomic E-state index is 1.10. The van der Waals surface area contributed by atoms with E-state index in [0.29, 0.717) is 0 Å². The van der Waals surface area contributed by atoms with Gasteiger partial charge in [0, 0.05) is 67.0 Å². The number of aromatic nitrogens is 3. The summed E-state index contributed by atoms with van der Waals surface area (Å²) in [6.07, 6.45) is 7.64. The zero-order valence-corrected chi connectivity index (χ0v) is 25.5. The second-order valence-corrected chi connectivity index (χ2v) is 12.9. The van der Waals surface area contributed by atoms with Crippen LogP contribution in [0, 0.1) is 0 Å². The van der Waals surface area contributed by atoms with Crippen molar-refractivity contribution >= 4 is 74.9 Å². The molecule has 4 heterocycles. The van der Waals surface area contributed by atoms with Crippen LogP contribution in [0.2, 0.25) is 0 Å². The Morgan fingerprint density at radius 1 is 0.413 bits per heavy atom. The van der Waals surface area contributed by atoms with Crippen molar-refractivity contribution in [3.05, 3.63) is 152 Å². The summed E-state index contributed by atoms with van der Waals surface area (Å²) in [6, 6.07) is 46.4. The first-order chi connectivity index (χ1) is 22.8. The highest BCUT2D eigenvalue weighted by molar-refractivity contribution is 7.25. The highest BCUT2D eigenvalue weighted by Crippen LogP contribution is 2.49. The molecule has 0 unspecified atom stereocenters. The van der Waals surface area contributed by atoms with E-state index in [-0.39, 0.29) is 0 Å². The lowest BCUT2D eigenvalue weighted by Crippen LogP contribution is -1.95. The second-order valence-electron chi connectivity index (χ2n) is 11.8. The van der Waals surface area contributed by atoms with Gasteiger partial charge in [-0.05, 0) is 105 Å². The monoisotopic (exact) mass is 603 g/mol. The van der Waals surface area contributed by atoms with Gasteiger partial charge in [0.2, 0.25) is 0 Å². The molecule has 0 atom stereocenters. The molecule has 0 aliphatic heterocycles. The number of rotatable bonds is 3. The van der Waals surface area contributed by atoms with Gasteiger partial charge in [0.1, 0.15) is 0 Å². The summed E-state index contributed by atoms with van der Waals surface area (Å²) in [4.78, 5) is 8.99. The molecule has 4 heteroatoms. The summed E-state index contributed by atoms with van der Waals surface area (Å²) in [6.45, 7) is 0. The maximum Gasteiger partial charge on any atom is 0.0547 e. The van der Waals surface area contributed by atoms with Gasteiger partial charge in [-0.25, -0.2) is 0 Å². The molecule has 0 N–H and O–H groups in total. The Morgan fingerprint density at radius 2 is 1.13 bits per heavy atom. The van der Waals surface area contributed by atoms with Gasteiger partial charge in [-0.2, -0.15) is 0 Å². The molecule has 0 amide bonds. The number of hydrogen-bond donors (Lipinski definition) is 0. The van der Waals surface area contributed by atoms with Crippen molar-refractivity contribution in [3.8, 4) is 27.9 Å². The van der Waals surface area contributed by atoms with E-state index >= 15 is 0 Å². The van der Waals surface area contributed by atoms with Crippen LogP contribution in [0.15, 0.2) is 152 Å². The van der Waals surface area contributed by atoms with Gasteiger partial charge in [-0.15, -0.1) is 11.3 Å². The molecule has 46 heavy (non-hydrogen) atoms.